The number of nitrogens with zero attached hydrogens (tertiary/aromatic N) is 1. The summed E-state index contributed by atoms with van der Waals surface area (Å²) in [4.78, 5) is 2.76. The maximum atomic E-state index is 3.97. The molecule has 3 rings (SSSR count). The van der Waals surface area contributed by atoms with Gasteiger partial charge in [-0.3, -0.25) is 4.90 Å². The predicted molar refractivity (Wildman–Crippen MR) is 93.9 cm³/mol. The van der Waals surface area contributed by atoms with E-state index in [9.17, 15) is 0 Å². The lowest BCUT2D eigenvalue weighted by Crippen LogP contribution is -2.66. The van der Waals surface area contributed by atoms with E-state index in [0.717, 1.165) is 13.1 Å². The summed E-state index contributed by atoms with van der Waals surface area (Å²) in [5, 5.41) is 3.97. The summed E-state index contributed by atoms with van der Waals surface area (Å²) in [7, 11) is 0. The fourth-order valence-electron chi connectivity index (χ4n) is 4.40. The molecule has 0 amide bonds. The minimum Gasteiger partial charge on any atom is -0.308 e. The van der Waals surface area contributed by atoms with E-state index in [1.807, 2.05) is 0 Å². The Hall–Kier alpha value is -0.860. The Labute approximate surface area is 136 Å². The second-order valence-corrected chi connectivity index (χ2v) is 8.49. The SMILES string of the molecule is CC(C)(C)C1CNC2(CCCCC2)CN1Cc1ccccc1. The average Bonchev–Trinajstić information content (AvgIpc) is 2.48. The summed E-state index contributed by atoms with van der Waals surface area (Å²) in [6.07, 6.45) is 6.92. The summed E-state index contributed by atoms with van der Waals surface area (Å²) in [5.74, 6) is 0. The van der Waals surface area contributed by atoms with Gasteiger partial charge < -0.3 is 5.32 Å². The lowest BCUT2D eigenvalue weighted by atomic mass is 9.76. The molecule has 1 aromatic rings. The van der Waals surface area contributed by atoms with Gasteiger partial charge in [0.25, 0.3) is 0 Å². The number of rotatable bonds is 2. The van der Waals surface area contributed by atoms with E-state index >= 15 is 0 Å². The van der Waals surface area contributed by atoms with Crippen LogP contribution in [0.3, 0.4) is 0 Å². The monoisotopic (exact) mass is 300 g/mol. The maximum Gasteiger partial charge on any atom is 0.0309 e. The molecule has 1 N–H and O–H groups in total. The highest BCUT2D eigenvalue weighted by Crippen LogP contribution is 2.36. The Bertz CT molecular complexity index is 468. The van der Waals surface area contributed by atoms with Gasteiger partial charge >= 0.3 is 0 Å². The fourth-order valence-corrected chi connectivity index (χ4v) is 4.40. The van der Waals surface area contributed by atoms with Crippen LogP contribution in [0.15, 0.2) is 30.3 Å². The molecule has 2 heteroatoms. The van der Waals surface area contributed by atoms with Crippen LogP contribution in [0.4, 0.5) is 0 Å². The molecule has 2 nitrogen and oxygen atoms in total. The first kappa shape index (κ1) is 16.0. The van der Waals surface area contributed by atoms with Crippen molar-refractivity contribution >= 4 is 0 Å². The van der Waals surface area contributed by atoms with Crippen molar-refractivity contribution in [3.63, 3.8) is 0 Å². The lowest BCUT2D eigenvalue weighted by molar-refractivity contribution is 0.00308. The predicted octanol–water partition coefficient (Wildman–Crippen LogP) is 4.21. The van der Waals surface area contributed by atoms with Crippen LogP contribution in [0.25, 0.3) is 0 Å². The standard InChI is InChI=1S/C20H32N2/c1-19(2,3)18-14-21-20(12-8-5-9-13-20)16-22(18)15-17-10-6-4-7-11-17/h4,6-7,10-11,18,21H,5,8-9,12-16H2,1-3H3. The zero-order chi connectivity index (χ0) is 15.6. The van der Waals surface area contributed by atoms with Crippen molar-refractivity contribution in [3.8, 4) is 0 Å². The molecule has 1 heterocycles. The minimum atomic E-state index is 0.318. The zero-order valence-electron chi connectivity index (χ0n) is 14.6. The largest absolute Gasteiger partial charge is 0.308 e. The van der Waals surface area contributed by atoms with Crippen molar-refractivity contribution in [2.24, 2.45) is 5.41 Å². The molecule has 0 radical (unpaired) electrons. The number of hydrogen-bond donors (Lipinski definition) is 1. The zero-order valence-corrected chi connectivity index (χ0v) is 14.6. The van der Waals surface area contributed by atoms with Crippen molar-refractivity contribution in [2.75, 3.05) is 13.1 Å². The van der Waals surface area contributed by atoms with Gasteiger partial charge in [-0.1, -0.05) is 70.4 Å². The molecule has 0 bridgehead atoms. The van der Waals surface area contributed by atoms with E-state index < -0.39 is 0 Å². The first-order chi connectivity index (χ1) is 10.5. The molecule has 1 saturated heterocycles. The van der Waals surface area contributed by atoms with Crippen molar-refractivity contribution in [1.82, 2.24) is 10.2 Å². The van der Waals surface area contributed by atoms with E-state index in [2.05, 4.69) is 61.3 Å². The van der Waals surface area contributed by atoms with Gasteiger partial charge in [-0.25, -0.2) is 0 Å². The van der Waals surface area contributed by atoms with Gasteiger partial charge in [-0.05, 0) is 23.8 Å². The molecule has 1 aliphatic carbocycles. The van der Waals surface area contributed by atoms with E-state index in [1.165, 1.54) is 44.2 Å². The van der Waals surface area contributed by atoms with Crippen LogP contribution in [0.2, 0.25) is 0 Å². The second kappa shape index (κ2) is 6.33. The lowest BCUT2D eigenvalue weighted by Gasteiger charge is -2.53. The quantitative estimate of drug-likeness (QED) is 0.880. The summed E-state index contributed by atoms with van der Waals surface area (Å²) < 4.78 is 0. The van der Waals surface area contributed by atoms with Crippen molar-refractivity contribution in [3.05, 3.63) is 35.9 Å². The van der Waals surface area contributed by atoms with Crippen LogP contribution in [0.1, 0.15) is 58.4 Å². The Morgan fingerprint density at radius 1 is 1.09 bits per heavy atom. The minimum absolute atomic E-state index is 0.318. The summed E-state index contributed by atoms with van der Waals surface area (Å²) in [6.45, 7) is 10.6. The molecule has 1 spiro atoms. The van der Waals surface area contributed by atoms with E-state index in [0.29, 0.717) is 17.0 Å². The summed E-state index contributed by atoms with van der Waals surface area (Å²) in [6, 6.07) is 11.6. The third kappa shape index (κ3) is 3.55. The highest BCUT2D eigenvalue weighted by atomic mass is 15.3. The van der Waals surface area contributed by atoms with Gasteiger partial charge in [0.1, 0.15) is 0 Å². The van der Waals surface area contributed by atoms with Crippen LogP contribution in [0, 0.1) is 5.41 Å². The molecule has 2 fully saturated rings. The van der Waals surface area contributed by atoms with Crippen LogP contribution < -0.4 is 5.32 Å². The van der Waals surface area contributed by atoms with Gasteiger partial charge in [0, 0.05) is 31.2 Å². The van der Waals surface area contributed by atoms with Crippen LogP contribution >= 0.6 is 0 Å². The third-order valence-corrected chi connectivity index (χ3v) is 5.66. The Balaban J connectivity index is 1.79. The van der Waals surface area contributed by atoms with E-state index in [1.54, 1.807) is 0 Å². The molecule has 22 heavy (non-hydrogen) atoms. The highest BCUT2D eigenvalue weighted by molar-refractivity contribution is 5.15. The van der Waals surface area contributed by atoms with Gasteiger partial charge in [0.2, 0.25) is 0 Å². The van der Waals surface area contributed by atoms with E-state index in [4.69, 9.17) is 0 Å². The smallest absolute Gasteiger partial charge is 0.0309 e. The van der Waals surface area contributed by atoms with Crippen LogP contribution in [-0.4, -0.2) is 29.6 Å². The molecule has 0 aromatic heterocycles. The van der Waals surface area contributed by atoms with Crippen molar-refractivity contribution < 1.29 is 0 Å². The molecular weight excluding hydrogens is 268 g/mol. The van der Waals surface area contributed by atoms with Crippen LogP contribution in [-0.2, 0) is 6.54 Å². The number of hydrogen-bond acceptors (Lipinski definition) is 2. The van der Waals surface area contributed by atoms with Crippen molar-refractivity contribution in [2.45, 2.75) is 71.0 Å². The Morgan fingerprint density at radius 3 is 2.41 bits per heavy atom. The average molecular weight is 300 g/mol. The Kier molecular flexibility index (Phi) is 4.61. The number of piperazine rings is 1. The fraction of sp³-hybridized carbons (Fsp3) is 0.700. The topological polar surface area (TPSA) is 15.3 Å². The number of benzene rings is 1. The maximum absolute atomic E-state index is 3.97. The highest BCUT2D eigenvalue weighted by Gasteiger charge is 2.43. The molecule has 1 aromatic carbocycles. The van der Waals surface area contributed by atoms with E-state index in [-0.39, 0.29) is 0 Å². The summed E-state index contributed by atoms with van der Waals surface area (Å²) >= 11 is 0. The second-order valence-electron chi connectivity index (χ2n) is 8.49. The normalized spacial score (nSPS) is 26.2. The van der Waals surface area contributed by atoms with Gasteiger partial charge in [-0.2, -0.15) is 0 Å². The molecule has 1 atom stereocenters. The third-order valence-electron chi connectivity index (χ3n) is 5.66. The Morgan fingerprint density at radius 2 is 1.77 bits per heavy atom. The van der Waals surface area contributed by atoms with Gasteiger partial charge in [0.05, 0.1) is 0 Å². The molecule has 2 aliphatic rings. The molecule has 1 aliphatic heterocycles. The van der Waals surface area contributed by atoms with Gasteiger partial charge in [-0.15, -0.1) is 0 Å². The molecule has 122 valence electrons. The van der Waals surface area contributed by atoms with Gasteiger partial charge in [0.15, 0.2) is 0 Å². The van der Waals surface area contributed by atoms with Crippen LogP contribution in [0.5, 0.6) is 0 Å². The summed E-state index contributed by atoms with van der Waals surface area (Å²) in [5.41, 5.74) is 2.15. The first-order valence-corrected chi connectivity index (χ1v) is 9.02. The van der Waals surface area contributed by atoms with Crippen molar-refractivity contribution in [1.29, 1.82) is 0 Å². The first-order valence-electron chi connectivity index (χ1n) is 9.02. The number of nitrogens with one attached hydrogen (secondary N) is 1. The molecule has 1 unspecified atom stereocenters. The molecule has 1 saturated carbocycles. The molecular formula is C20H32N2.